The molecule has 0 fully saturated rings. The van der Waals surface area contributed by atoms with Gasteiger partial charge >= 0.3 is 5.69 Å². The third-order valence-electron chi connectivity index (χ3n) is 2.59. The van der Waals surface area contributed by atoms with E-state index < -0.39 is 15.8 Å². The van der Waals surface area contributed by atoms with Crippen molar-refractivity contribution in [3.8, 4) is 0 Å². The van der Waals surface area contributed by atoms with Crippen molar-refractivity contribution in [3.05, 3.63) is 68.5 Å². The van der Waals surface area contributed by atoms with Gasteiger partial charge in [0.1, 0.15) is 11.9 Å². The summed E-state index contributed by atoms with van der Waals surface area (Å²) in [5, 5.41) is 23.7. The molecule has 0 spiro atoms. The highest BCUT2D eigenvalue weighted by atomic mass is 16.6. The fraction of sp³-hybridized carbons (Fsp3) is 0. The number of amides is 1. The van der Waals surface area contributed by atoms with Crippen LogP contribution in [-0.4, -0.2) is 20.7 Å². The molecule has 1 aromatic carbocycles. The van der Waals surface area contributed by atoms with Crippen molar-refractivity contribution >= 4 is 23.0 Å². The molecule has 2 rings (SSSR count). The van der Waals surface area contributed by atoms with Gasteiger partial charge in [0.2, 0.25) is 0 Å². The Hall–Kier alpha value is -3.36. The monoisotopic (exact) mass is 288 g/mol. The van der Waals surface area contributed by atoms with Crippen LogP contribution in [0.2, 0.25) is 0 Å². The fourth-order valence-corrected chi connectivity index (χ4v) is 1.57. The van der Waals surface area contributed by atoms with E-state index in [0.29, 0.717) is 0 Å². The molecule has 1 N–H and O–H groups in total. The second kappa shape index (κ2) is 5.74. The van der Waals surface area contributed by atoms with E-state index in [9.17, 15) is 25.0 Å². The minimum atomic E-state index is -0.668. The third kappa shape index (κ3) is 3.15. The first-order chi connectivity index (χ1) is 9.99. The summed E-state index contributed by atoms with van der Waals surface area (Å²) < 4.78 is 0. The number of carbonyl (C=O) groups excluding carboxylic acids is 1. The van der Waals surface area contributed by atoms with E-state index in [1.807, 2.05) is 0 Å². The second-order valence-electron chi connectivity index (χ2n) is 3.91. The minimum absolute atomic E-state index is 0.00153. The van der Waals surface area contributed by atoms with Crippen molar-refractivity contribution in [2.45, 2.75) is 0 Å². The molecule has 9 nitrogen and oxygen atoms in total. The van der Waals surface area contributed by atoms with E-state index in [1.54, 1.807) is 0 Å². The van der Waals surface area contributed by atoms with Gasteiger partial charge in [0, 0.05) is 23.9 Å². The first-order valence-corrected chi connectivity index (χ1v) is 5.63. The summed E-state index contributed by atoms with van der Waals surface area (Å²) in [6, 6.07) is 6.17. The number of hydrogen-bond acceptors (Lipinski definition) is 6. The lowest BCUT2D eigenvalue weighted by Crippen LogP contribution is -2.13. The Morgan fingerprint density at radius 2 is 1.71 bits per heavy atom. The number of non-ortho nitro benzene ring substituents is 1. The number of nitrogens with zero attached hydrogens (tertiary/aromatic N) is 3. The average molecular weight is 288 g/mol. The Kier molecular flexibility index (Phi) is 3.84. The zero-order chi connectivity index (χ0) is 15.4. The number of nitrogens with one attached hydrogen (secondary N) is 1. The predicted molar refractivity (Wildman–Crippen MR) is 71.9 cm³/mol. The Morgan fingerprint density at radius 3 is 2.29 bits per heavy atom. The number of hydrogen-bond donors (Lipinski definition) is 1. The van der Waals surface area contributed by atoms with E-state index in [-0.39, 0.29) is 22.6 Å². The molecule has 2 aromatic rings. The smallest absolute Gasteiger partial charge is 0.310 e. The maximum Gasteiger partial charge on any atom is 0.310 e. The molecule has 1 amide bonds. The van der Waals surface area contributed by atoms with Gasteiger partial charge in [0.25, 0.3) is 11.6 Å². The normalized spacial score (nSPS) is 9.90. The highest BCUT2D eigenvalue weighted by Crippen LogP contribution is 2.22. The quantitative estimate of drug-likeness (QED) is 0.677. The largest absolute Gasteiger partial charge is 0.316 e. The van der Waals surface area contributed by atoms with Crippen molar-refractivity contribution in [2.24, 2.45) is 0 Å². The summed E-state index contributed by atoms with van der Waals surface area (Å²) in [7, 11) is 0. The van der Waals surface area contributed by atoms with Crippen LogP contribution in [0, 0.1) is 20.2 Å². The molecule has 9 heteroatoms. The summed E-state index contributed by atoms with van der Waals surface area (Å²) >= 11 is 0. The maximum absolute atomic E-state index is 11.9. The van der Waals surface area contributed by atoms with Gasteiger partial charge in [-0.15, -0.1) is 0 Å². The summed E-state index contributed by atoms with van der Waals surface area (Å²) in [5.74, 6) is -0.612. The Labute approximate surface area is 117 Å². The lowest BCUT2D eigenvalue weighted by molar-refractivity contribution is -0.384. The van der Waals surface area contributed by atoms with Gasteiger partial charge < -0.3 is 5.32 Å². The van der Waals surface area contributed by atoms with Crippen LogP contribution < -0.4 is 5.32 Å². The maximum atomic E-state index is 11.9. The van der Waals surface area contributed by atoms with Gasteiger partial charge in [0.15, 0.2) is 0 Å². The van der Waals surface area contributed by atoms with E-state index >= 15 is 0 Å². The number of benzene rings is 1. The lowest BCUT2D eigenvalue weighted by atomic mass is 10.2. The zero-order valence-electron chi connectivity index (χ0n) is 10.4. The first kappa shape index (κ1) is 14.1. The van der Waals surface area contributed by atoms with Crippen LogP contribution >= 0.6 is 0 Å². The number of nitro benzene ring substituents is 1. The molecule has 0 atom stereocenters. The summed E-state index contributed by atoms with van der Waals surface area (Å²) in [4.78, 5) is 35.6. The van der Waals surface area contributed by atoms with Crippen LogP contribution in [0.25, 0.3) is 0 Å². The molecule has 0 radical (unpaired) electrons. The molecule has 0 saturated heterocycles. The average Bonchev–Trinajstić information content (AvgIpc) is 2.47. The highest BCUT2D eigenvalue weighted by molar-refractivity contribution is 6.05. The number of aromatic nitrogens is 1. The Bertz CT molecular complexity index is 714. The van der Waals surface area contributed by atoms with Crippen molar-refractivity contribution in [1.29, 1.82) is 0 Å². The van der Waals surface area contributed by atoms with Gasteiger partial charge in [-0.2, -0.15) is 0 Å². The number of carbonyl (C=O) groups is 1. The topological polar surface area (TPSA) is 128 Å². The molecule has 0 unspecified atom stereocenters. The molecule has 1 aromatic heterocycles. The molecule has 1 heterocycles. The molecular weight excluding hydrogens is 280 g/mol. The molecular formula is C12H8N4O5. The van der Waals surface area contributed by atoms with Crippen LogP contribution in [0.3, 0.4) is 0 Å². The van der Waals surface area contributed by atoms with Crippen molar-refractivity contribution in [1.82, 2.24) is 4.98 Å². The Morgan fingerprint density at radius 1 is 1.05 bits per heavy atom. The van der Waals surface area contributed by atoms with E-state index in [0.717, 1.165) is 6.20 Å². The van der Waals surface area contributed by atoms with Gasteiger partial charge in [0.05, 0.1) is 9.85 Å². The Balaban J connectivity index is 2.22. The van der Waals surface area contributed by atoms with Gasteiger partial charge in [-0.1, -0.05) is 0 Å². The standard InChI is InChI=1S/C12H8N4O5/c17-12(8-1-3-9(4-2-8)15(18)19)14-10-5-6-13-7-11(10)16(20)21/h1-7H,(H,13,14,17). The fourth-order valence-electron chi connectivity index (χ4n) is 1.57. The molecule has 0 aliphatic carbocycles. The lowest BCUT2D eigenvalue weighted by Gasteiger charge is -2.05. The van der Waals surface area contributed by atoms with E-state index in [2.05, 4.69) is 10.3 Å². The van der Waals surface area contributed by atoms with Crippen LogP contribution in [0.4, 0.5) is 17.1 Å². The minimum Gasteiger partial charge on any atom is -0.316 e. The van der Waals surface area contributed by atoms with Crippen LogP contribution in [-0.2, 0) is 0 Å². The van der Waals surface area contributed by atoms with E-state index in [4.69, 9.17) is 0 Å². The molecule has 0 aliphatic heterocycles. The van der Waals surface area contributed by atoms with Crippen molar-refractivity contribution in [3.63, 3.8) is 0 Å². The number of nitro groups is 2. The van der Waals surface area contributed by atoms with Gasteiger partial charge in [-0.05, 0) is 18.2 Å². The van der Waals surface area contributed by atoms with Crippen LogP contribution in [0.15, 0.2) is 42.7 Å². The van der Waals surface area contributed by atoms with Crippen molar-refractivity contribution < 1.29 is 14.6 Å². The SMILES string of the molecule is O=C(Nc1ccncc1[N+](=O)[O-])c1ccc([N+](=O)[O-])cc1. The van der Waals surface area contributed by atoms with Gasteiger partial charge in [-0.3, -0.25) is 30.0 Å². The van der Waals surface area contributed by atoms with Crippen molar-refractivity contribution in [2.75, 3.05) is 5.32 Å². The summed E-state index contributed by atoms with van der Waals surface area (Å²) in [5.41, 5.74) is -0.348. The summed E-state index contributed by atoms with van der Waals surface area (Å²) in [6.07, 6.45) is 2.32. The predicted octanol–water partition coefficient (Wildman–Crippen LogP) is 2.15. The molecule has 21 heavy (non-hydrogen) atoms. The zero-order valence-corrected chi connectivity index (χ0v) is 10.4. The molecule has 0 saturated carbocycles. The third-order valence-corrected chi connectivity index (χ3v) is 2.59. The molecule has 0 aliphatic rings. The van der Waals surface area contributed by atoms with E-state index in [1.165, 1.54) is 36.5 Å². The first-order valence-electron chi connectivity index (χ1n) is 5.63. The molecule has 106 valence electrons. The van der Waals surface area contributed by atoms with Crippen LogP contribution in [0.1, 0.15) is 10.4 Å². The summed E-state index contributed by atoms with van der Waals surface area (Å²) in [6.45, 7) is 0. The van der Waals surface area contributed by atoms with Gasteiger partial charge in [-0.25, -0.2) is 0 Å². The molecule has 0 bridgehead atoms. The van der Waals surface area contributed by atoms with Crippen LogP contribution in [0.5, 0.6) is 0 Å². The number of anilines is 1. The highest BCUT2D eigenvalue weighted by Gasteiger charge is 2.17. The number of pyridine rings is 1. The number of rotatable bonds is 4. The second-order valence-corrected chi connectivity index (χ2v) is 3.91.